The van der Waals surface area contributed by atoms with Gasteiger partial charge in [0, 0.05) is 10.5 Å². The minimum atomic E-state index is -1.85. The standard InChI is InChI=1S/C18H11F4N5O/c1-8(24-4)17-15(25-5)10(18(2,3)28-17)7-6-9-11(19)13(21)16(26-27-23)14(22)12(9)20/h6-7H,1-3H3/b7-6+,17-8+. The molecule has 0 N–H and O–H groups in total. The van der Waals surface area contributed by atoms with Gasteiger partial charge in [-0.2, -0.15) is 0 Å². The van der Waals surface area contributed by atoms with Crippen molar-refractivity contribution in [3.63, 3.8) is 0 Å². The van der Waals surface area contributed by atoms with Crippen LogP contribution in [0.1, 0.15) is 26.3 Å². The first-order chi connectivity index (χ1) is 13.1. The normalized spacial score (nSPS) is 17.0. The zero-order chi connectivity index (χ0) is 21.2. The Morgan fingerprint density at radius 1 is 1.07 bits per heavy atom. The molecule has 1 aliphatic rings. The molecular formula is C18H11F4N5O. The fourth-order valence-corrected chi connectivity index (χ4v) is 2.54. The molecule has 0 aliphatic carbocycles. The van der Waals surface area contributed by atoms with Crippen LogP contribution in [0.5, 0.6) is 0 Å². The van der Waals surface area contributed by atoms with Crippen molar-refractivity contribution in [2.45, 2.75) is 26.4 Å². The van der Waals surface area contributed by atoms with Crippen molar-refractivity contribution in [2.75, 3.05) is 0 Å². The third kappa shape index (κ3) is 3.29. The van der Waals surface area contributed by atoms with Gasteiger partial charge in [0.05, 0.1) is 18.7 Å². The third-order valence-electron chi connectivity index (χ3n) is 3.92. The zero-order valence-corrected chi connectivity index (χ0v) is 14.8. The number of halogens is 4. The van der Waals surface area contributed by atoms with Gasteiger partial charge in [-0.3, -0.25) is 0 Å². The SMILES string of the molecule is [C-]#[N+]C1=C(/C=C/c2c(F)c(F)c(N=[N+]=[N-])c(F)c2F)C(C)(C)O/C1=C(\C)[N+]#[C-]. The first kappa shape index (κ1) is 20.6. The van der Waals surface area contributed by atoms with Crippen LogP contribution in [0.3, 0.4) is 0 Å². The number of benzene rings is 1. The molecule has 0 unspecified atom stereocenters. The summed E-state index contributed by atoms with van der Waals surface area (Å²) in [5.41, 5.74) is 4.88. The number of azide groups is 1. The summed E-state index contributed by atoms with van der Waals surface area (Å²) in [5, 5.41) is 2.62. The summed E-state index contributed by atoms with van der Waals surface area (Å²) in [6, 6.07) is 0. The van der Waals surface area contributed by atoms with Gasteiger partial charge in [0.25, 0.3) is 0 Å². The van der Waals surface area contributed by atoms with E-state index in [2.05, 4.69) is 19.7 Å². The largest absolute Gasteiger partial charge is 0.507 e. The van der Waals surface area contributed by atoms with Gasteiger partial charge in [-0.1, -0.05) is 11.2 Å². The predicted molar refractivity (Wildman–Crippen MR) is 92.2 cm³/mol. The lowest BCUT2D eigenvalue weighted by atomic mass is 9.96. The molecule has 142 valence electrons. The first-order valence-corrected chi connectivity index (χ1v) is 7.59. The number of hydrogen-bond acceptors (Lipinski definition) is 2. The van der Waals surface area contributed by atoms with Crippen molar-refractivity contribution >= 4 is 11.8 Å². The van der Waals surface area contributed by atoms with Crippen LogP contribution in [0, 0.1) is 36.4 Å². The van der Waals surface area contributed by atoms with E-state index in [-0.39, 0.29) is 22.7 Å². The molecule has 0 fully saturated rings. The Labute approximate surface area is 157 Å². The van der Waals surface area contributed by atoms with Crippen molar-refractivity contribution in [3.05, 3.63) is 90.9 Å². The fraction of sp³-hybridized carbons (Fsp3) is 0.222. The highest BCUT2D eigenvalue weighted by atomic mass is 19.2. The molecule has 0 radical (unpaired) electrons. The average molecular weight is 389 g/mol. The third-order valence-corrected chi connectivity index (χ3v) is 3.92. The number of allylic oxidation sites excluding steroid dienone is 1. The van der Waals surface area contributed by atoms with E-state index in [4.69, 9.17) is 23.4 Å². The van der Waals surface area contributed by atoms with Gasteiger partial charge in [0.15, 0.2) is 29.0 Å². The van der Waals surface area contributed by atoms with Gasteiger partial charge >= 0.3 is 0 Å². The van der Waals surface area contributed by atoms with Crippen molar-refractivity contribution in [1.82, 2.24) is 0 Å². The number of ether oxygens (including phenoxy) is 1. The highest BCUT2D eigenvalue weighted by Gasteiger charge is 2.37. The topological polar surface area (TPSA) is 66.7 Å². The molecule has 0 aromatic heterocycles. The summed E-state index contributed by atoms with van der Waals surface area (Å²) in [4.78, 5) is 8.65. The van der Waals surface area contributed by atoms with Crippen molar-refractivity contribution in [3.8, 4) is 0 Å². The zero-order valence-electron chi connectivity index (χ0n) is 14.8. The van der Waals surface area contributed by atoms with Gasteiger partial charge in [-0.05, 0) is 32.4 Å². The van der Waals surface area contributed by atoms with Gasteiger partial charge < -0.3 is 4.74 Å². The van der Waals surface area contributed by atoms with Gasteiger partial charge in [-0.25, -0.2) is 27.3 Å². The van der Waals surface area contributed by atoms with Crippen LogP contribution in [0.2, 0.25) is 0 Å². The van der Waals surface area contributed by atoms with Gasteiger partial charge in [-0.15, -0.1) is 0 Å². The molecule has 1 heterocycles. The number of hydrogen-bond donors (Lipinski definition) is 0. The Bertz CT molecular complexity index is 1070. The molecule has 0 saturated heterocycles. The quantitative estimate of drug-likeness (QED) is 0.149. The highest BCUT2D eigenvalue weighted by Crippen LogP contribution is 2.42. The smallest absolute Gasteiger partial charge is 0.224 e. The van der Waals surface area contributed by atoms with Gasteiger partial charge in [0.1, 0.15) is 17.0 Å². The van der Waals surface area contributed by atoms with E-state index in [0.717, 1.165) is 12.2 Å². The summed E-state index contributed by atoms with van der Waals surface area (Å²) in [5.74, 6) is -7.18. The van der Waals surface area contributed by atoms with E-state index >= 15 is 0 Å². The second-order valence-electron chi connectivity index (χ2n) is 6.05. The Morgan fingerprint density at radius 3 is 2.11 bits per heavy atom. The van der Waals surface area contributed by atoms with Crippen LogP contribution in [0.25, 0.3) is 26.2 Å². The fourth-order valence-electron chi connectivity index (χ4n) is 2.54. The minimum Gasteiger partial charge on any atom is -0.507 e. The molecule has 6 nitrogen and oxygen atoms in total. The Kier molecular flexibility index (Phi) is 5.49. The second kappa shape index (κ2) is 7.47. The maximum Gasteiger partial charge on any atom is 0.224 e. The molecule has 0 spiro atoms. The lowest BCUT2D eigenvalue weighted by Crippen LogP contribution is -2.20. The monoisotopic (exact) mass is 389 g/mol. The average Bonchev–Trinajstić information content (AvgIpc) is 2.93. The van der Waals surface area contributed by atoms with Crippen molar-refractivity contribution in [2.24, 2.45) is 5.11 Å². The van der Waals surface area contributed by atoms with Crippen LogP contribution in [-0.2, 0) is 4.74 Å². The van der Waals surface area contributed by atoms with Crippen molar-refractivity contribution in [1.29, 1.82) is 0 Å². The molecule has 0 bridgehead atoms. The van der Waals surface area contributed by atoms with E-state index in [1.54, 1.807) is 13.8 Å². The lowest BCUT2D eigenvalue weighted by molar-refractivity contribution is 0.0946. The number of rotatable bonds is 3. The van der Waals surface area contributed by atoms with Crippen LogP contribution in [-0.4, -0.2) is 5.60 Å². The molecule has 2 rings (SSSR count). The Balaban J connectivity index is 2.71. The molecule has 0 atom stereocenters. The van der Waals surface area contributed by atoms with Crippen LogP contribution < -0.4 is 0 Å². The molecule has 0 saturated carbocycles. The summed E-state index contributed by atoms with van der Waals surface area (Å²) in [6.07, 6.45) is 1.84. The summed E-state index contributed by atoms with van der Waals surface area (Å²) in [7, 11) is 0. The lowest BCUT2D eigenvalue weighted by Gasteiger charge is -2.22. The van der Waals surface area contributed by atoms with E-state index in [1.807, 2.05) is 0 Å². The maximum atomic E-state index is 14.2. The molecule has 0 amide bonds. The molecule has 1 aromatic carbocycles. The molecule has 10 heteroatoms. The maximum absolute atomic E-state index is 14.2. The minimum absolute atomic E-state index is 0.0201. The van der Waals surface area contributed by atoms with Crippen LogP contribution >= 0.6 is 0 Å². The predicted octanol–water partition coefficient (Wildman–Crippen LogP) is 6.33. The molecule has 1 aromatic rings. The van der Waals surface area contributed by atoms with E-state index < -0.39 is 40.1 Å². The highest BCUT2D eigenvalue weighted by molar-refractivity contribution is 5.63. The number of nitrogens with zero attached hydrogens (tertiary/aromatic N) is 5. The first-order valence-electron chi connectivity index (χ1n) is 7.59. The molecule has 28 heavy (non-hydrogen) atoms. The molecule has 1 aliphatic heterocycles. The van der Waals surface area contributed by atoms with E-state index in [0.29, 0.717) is 0 Å². The summed E-state index contributed by atoms with van der Waals surface area (Å²) in [6.45, 7) is 18.9. The van der Waals surface area contributed by atoms with Gasteiger partial charge in [0.2, 0.25) is 5.70 Å². The van der Waals surface area contributed by atoms with Crippen LogP contribution in [0.4, 0.5) is 23.2 Å². The Morgan fingerprint density at radius 2 is 1.64 bits per heavy atom. The molecular weight excluding hydrogens is 378 g/mol. The summed E-state index contributed by atoms with van der Waals surface area (Å²) >= 11 is 0. The summed E-state index contributed by atoms with van der Waals surface area (Å²) < 4.78 is 61.7. The van der Waals surface area contributed by atoms with E-state index in [1.165, 1.54) is 6.92 Å². The second-order valence-corrected chi connectivity index (χ2v) is 6.05. The van der Waals surface area contributed by atoms with Crippen LogP contribution in [0.15, 0.2) is 33.9 Å². The Hall–Kier alpha value is -3.75. The van der Waals surface area contributed by atoms with Crippen molar-refractivity contribution < 1.29 is 22.3 Å². The van der Waals surface area contributed by atoms with E-state index in [9.17, 15) is 17.6 Å².